The van der Waals surface area contributed by atoms with E-state index < -0.39 is 0 Å². The molecule has 1 aliphatic rings. The quantitative estimate of drug-likeness (QED) is 0.435. The molecule has 0 aliphatic carbocycles. The lowest BCUT2D eigenvalue weighted by molar-refractivity contribution is -0.122. The number of hydrogen-bond acceptors (Lipinski definition) is 4. The van der Waals surface area contributed by atoms with Crippen LogP contribution in [0.4, 0.5) is 0 Å². The van der Waals surface area contributed by atoms with Gasteiger partial charge in [-0.3, -0.25) is 9.79 Å². The van der Waals surface area contributed by atoms with Gasteiger partial charge >= 0.3 is 0 Å². The molecular weight excluding hydrogens is 380 g/mol. The molecule has 2 aromatic rings. The molecule has 160 valence electrons. The van der Waals surface area contributed by atoms with Gasteiger partial charge in [-0.2, -0.15) is 0 Å². The Morgan fingerprint density at radius 2 is 2.03 bits per heavy atom. The summed E-state index contributed by atoms with van der Waals surface area (Å²) >= 11 is 0. The Balaban J connectivity index is 1.42. The van der Waals surface area contributed by atoms with Gasteiger partial charge in [0.05, 0.1) is 6.61 Å². The van der Waals surface area contributed by atoms with Crippen molar-refractivity contribution in [1.29, 1.82) is 0 Å². The van der Waals surface area contributed by atoms with E-state index in [0.717, 1.165) is 43.3 Å². The van der Waals surface area contributed by atoms with Crippen LogP contribution in [0.1, 0.15) is 23.6 Å². The molecule has 0 saturated heterocycles. The molecule has 3 rings (SSSR count). The van der Waals surface area contributed by atoms with Crippen LogP contribution in [-0.2, 0) is 24.2 Å². The molecule has 0 atom stereocenters. The third kappa shape index (κ3) is 6.40. The highest BCUT2D eigenvalue weighted by Gasteiger charge is 2.11. The van der Waals surface area contributed by atoms with Crippen LogP contribution in [0.5, 0.6) is 11.5 Å². The normalized spacial score (nSPS) is 12.7. The molecule has 0 saturated carbocycles. The highest BCUT2D eigenvalue weighted by atomic mass is 16.5. The molecule has 0 aromatic heterocycles. The minimum Gasteiger partial charge on any atom is -0.493 e. The van der Waals surface area contributed by atoms with Gasteiger partial charge in [-0.05, 0) is 48.2 Å². The fourth-order valence-electron chi connectivity index (χ4n) is 3.27. The van der Waals surface area contributed by atoms with E-state index in [2.05, 4.69) is 39.1 Å². The highest BCUT2D eigenvalue weighted by Crippen LogP contribution is 2.25. The van der Waals surface area contributed by atoms with Crippen molar-refractivity contribution >= 4 is 11.9 Å². The summed E-state index contributed by atoms with van der Waals surface area (Å²) in [7, 11) is 1.76. The number of carbonyl (C=O) groups excluding carboxylic acids is 1. The first kappa shape index (κ1) is 21.5. The van der Waals surface area contributed by atoms with Crippen LogP contribution in [-0.4, -0.2) is 45.2 Å². The first-order valence-corrected chi connectivity index (χ1v) is 10.4. The number of nitrogens with zero attached hydrogens (tertiary/aromatic N) is 1. The summed E-state index contributed by atoms with van der Waals surface area (Å²) in [6.07, 6.45) is 1.91. The number of rotatable bonds is 9. The van der Waals surface area contributed by atoms with Crippen LogP contribution in [0, 0.1) is 0 Å². The van der Waals surface area contributed by atoms with Crippen molar-refractivity contribution in [2.45, 2.75) is 26.3 Å². The van der Waals surface area contributed by atoms with Crippen molar-refractivity contribution < 1.29 is 14.3 Å². The lowest BCUT2D eigenvalue weighted by Crippen LogP contribution is -2.37. The molecule has 3 N–H and O–H groups in total. The van der Waals surface area contributed by atoms with E-state index in [9.17, 15) is 4.79 Å². The zero-order chi connectivity index (χ0) is 21.2. The number of nitrogens with one attached hydrogen (secondary N) is 3. The predicted octanol–water partition coefficient (Wildman–Crippen LogP) is 2.04. The van der Waals surface area contributed by atoms with Gasteiger partial charge in [0, 0.05) is 33.1 Å². The summed E-state index contributed by atoms with van der Waals surface area (Å²) in [4.78, 5) is 15.8. The fourth-order valence-corrected chi connectivity index (χ4v) is 3.27. The smallest absolute Gasteiger partial charge is 0.257 e. The Labute approximate surface area is 177 Å². The van der Waals surface area contributed by atoms with E-state index in [1.54, 1.807) is 7.05 Å². The number of carbonyl (C=O) groups is 1. The number of guanidine groups is 1. The van der Waals surface area contributed by atoms with Crippen molar-refractivity contribution in [3.8, 4) is 11.5 Å². The molecule has 1 aliphatic heterocycles. The van der Waals surface area contributed by atoms with E-state index in [-0.39, 0.29) is 12.5 Å². The number of likely N-dealkylation sites (N-methyl/N-ethyl adjacent to an activating group) is 1. The standard InChI is InChI=1S/C23H30N4O3/c1-3-25-22(28)16-30-20-6-4-5-18(14-20)15-27-23(24-2)26-11-9-17-7-8-21-19(13-17)10-12-29-21/h4-8,13-14H,3,9-12,15-16H2,1-2H3,(H,25,28)(H2,24,26,27). The van der Waals surface area contributed by atoms with Gasteiger partial charge < -0.3 is 25.4 Å². The summed E-state index contributed by atoms with van der Waals surface area (Å²) < 4.78 is 11.1. The van der Waals surface area contributed by atoms with Crippen LogP contribution >= 0.6 is 0 Å². The van der Waals surface area contributed by atoms with Crippen LogP contribution in [0.3, 0.4) is 0 Å². The molecule has 1 heterocycles. The molecule has 0 fully saturated rings. The van der Waals surface area contributed by atoms with Crippen molar-refractivity contribution in [2.24, 2.45) is 4.99 Å². The van der Waals surface area contributed by atoms with Crippen molar-refractivity contribution in [3.63, 3.8) is 0 Å². The Morgan fingerprint density at radius 1 is 1.13 bits per heavy atom. The number of ether oxygens (including phenoxy) is 2. The number of fused-ring (bicyclic) bond motifs is 1. The fraction of sp³-hybridized carbons (Fsp3) is 0.391. The molecule has 0 spiro atoms. The second-order valence-electron chi connectivity index (χ2n) is 7.03. The van der Waals surface area contributed by atoms with Gasteiger partial charge in [-0.25, -0.2) is 0 Å². The summed E-state index contributed by atoms with van der Waals surface area (Å²) in [5.74, 6) is 2.31. The van der Waals surface area contributed by atoms with Crippen LogP contribution in [0.25, 0.3) is 0 Å². The largest absolute Gasteiger partial charge is 0.493 e. The second kappa shape index (κ2) is 11.1. The van der Waals surface area contributed by atoms with Crippen LogP contribution in [0.2, 0.25) is 0 Å². The molecule has 7 nitrogen and oxygen atoms in total. The predicted molar refractivity (Wildman–Crippen MR) is 118 cm³/mol. The van der Waals surface area contributed by atoms with Crippen molar-refractivity contribution in [1.82, 2.24) is 16.0 Å². The maximum Gasteiger partial charge on any atom is 0.257 e. The summed E-state index contributed by atoms with van der Waals surface area (Å²) in [5.41, 5.74) is 3.63. The third-order valence-electron chi connectivity index (χ3n) is 4.79. The lowest BCUT2D eigenvalue weighted by Gasteiger charge is -2.13. The van der Waals surface area contributed by atoms with Crippen LogP contribution in [0.15, 0.2) is 47.5 Å². The number of amides is 1. The molecule has 0 unspecified atom stereocenters. The zero-order valence-electron chi connectivity index (χ0n) is 17.7. The Hall–Kier alpha value is -3.22. The minimum absolute atomic E-state index is 0.0166. The summed E-state index contributed by atoms with van der Waals surface area (Å²) in [6, 6.07) is 14.1. The minimum atomic E-state index is -0.124. The highest BCUT2D eigenvalue weighted by molar-refractivity contribution is 5.79. The monoisotopic (exact) mass is 410 g/mol. The molecule has 1 amide bonds. The van der Waals surface area contributed by atoms with E-state index in [0.29, 0.717) is 18.8 Å². The molecule has 2 aromatic carbocycles. The zero-order valence-corrected chi connectivity index (χ0v) is 17.7. The molecule has 0 radical (unpaired) electrons. The lowest BCUT2D eigenvalue weighted by atomic mass is 10.1. The van der Waals surface area contributed by atoms with Crippen molar-refractivity contribution in [3.05, 3.63) is 59.2 Å². The number of benzene rings is 2. The van der Waals surface area contributed by atoms with E-state index in [1.165, 1.54) is 11.1 Å². The van der Waals surface area contributed by atoms with E-state index in [4.69, 9.17) is 9.47 Å². The second-order valence-corrected chi connectivity index (χ2v) is 7.03. The maximum absolute atomic E-state index is 11.5. The Bertz CT molecular complexity index is 883. The first-order valence-electron chi connectivity index (χ1n) is 10.4. The molecule has 7 heteroatoms. The van der Waals surface area contributed by atoms with Gasteiger partial charge in [0.2, 0.25) is 0 Å². The van der Waals surface area contributed by atoms with Gasteiger partial charge in [-0.1, -0.05) is 24.3 Å². The maximum atomic E-state index is 11.5. The van der Waals surface area contributed by atoms with Gasteiger partial charge in [0.15, 0.2) is 12.6 Å². The first-order chi connectivity index (χ1) is 14.7. The van der Waals surface area contributed by atoms with Crippen molar-refractivity contribution in [2.75, 3.05) is 33.4 Å². The molecule has 30 heavy (non-hydrogen) atoms. The molecular formula is C23H30N4O3. The SMILES string of the molecule is CCNC(=O)COc1cccc(CNC(=NC)NCCc2ccc3c(c2)CCO3)c1. The van der Waals surface area contributed by atoms with E-state index in [1.807, 2.05) is 31.2 Å². The number of aliphatic imine (C=N–C) groups is 1. The van der Waals surface area contributed by atoms with Crippen LogP contribution < -0.4 is 25.4 Å². The summed E-state index contributed by atoms with van der Waals surface area (Å²) in [5, 5.41) is 9.37. The average Bonchev–Trinajstić information content (AvgIpc) is 3.23. The molecule has 0 bridgehead atoms. The third-order valence-corrected chi connectivity index (χ3v) is 4.79. The Morgan fingerprint density at radius 3 is 2.87 bits per heavy atom. The summed E-state index contributed by atoms with van der Waals surface area (Å²) in [6.45, 7) is 4.67. The van der Waals surface area contributed by atoms with Gasteiger partial charge in [-0.15, -0.1) is 0 Å². The van der Waals surface area contributed by atoms with Gasteiger partial charge in [0.25, 0.3) is 5.91 Å². The average molecular weight is 411 g/mol. The number of hydrogen-bond donors (Lipinski definition) is 3. The topological polar surface area (TPSA) is 84.0 Å². The van der Waals surface area contributed by atoms with Gasteiger partial charge in [0.1, 0.15) is 11.5 Å². The Kier molecular flexibility index (Phi) is 7.94. The van der Waals surface area contributed by atoms with E-state index >= 15 is 0 Å².